The van der Waals surface area contributed by atoms with Gasteiger partial charge in [0.1, 0.15) is 11.5 Å². The van der Waals surface area contributed by atoms with Crippen molar-refractivity contribution in [2.24, 2.45) is 5.14 Å². The van der Waals surface area contributed by atoms with Crippen LogP contribution in [-0.2, 0) is 10.3 Å². The number of hydrogen-bond donors (Lipinski definition) is 3. The van der Waals surface area contributed by atoms with Crippen LogP contribution in [0.1, 0.15) is 0 Å². The lowest BCUT2D eigenvalue weighted by Crippen LogP contribution is -2.19. The average Bonchev–Trinajstić information content (AvgIpc) is 2.13. The monoisotopic (exact) mass is 256 g/mol. The molecule has 0 aliphatic heterocycles. The third kappa shape index (κ3) is 2.55. The van der Waals surface area contributed by atoms with Gasteiger partial charge in [-0.15, -0.1) is 0 Å². The Kier molecular flexibility index (Phi) is 2.52. The standard InChI is InChI=1S/C9H8N2O5S/c10-17(14,15)16-5-3-7-6(8(12)4-5)1-2-9(13)11-7/h1-4,12H,(H,11,13)(H2,10,14,15). The first-order valence-corrected chi connectivity index (χ1v) is 5.90. The number of nitrogens with one attached hydrogen (secondary N) is 1. The Morgan fingerprint density at radius 3 is 2.65 bits per heavy atom. The topological polar surface area (TPSA) is 122 Å². The lowest BCUT2D eigenvalue weighted by molar-refractivity contribution is 0.469. The summed E-state index contributed by atoms with van der Waals surface area (Å²) in [5.41, 5.74) is -0.138. The smallest absolute Gasteiger partial charge is 0.380 e. The first kappa shape index (κ1) is 11.4. The number of benzene rings is 1. The Morgan fingerprint density at radius 1 is 1.29 bits per heavy atom. The molecule has 2 rings (SSSR count). The molecule has 1 aromatic carbocycles. The molecule has 0 atom stereocenters. The number of H-pyrrole nitrogens is 1. The summed E-state index contributed by atoms with van der Waals surface area (Å²) in [7, 11) is -4.18. The molecular weight excluding hydrogens is 248 g/mol. The fraction of sp³-hybridized carbons (Fsp3) is 0. The predicted molar refractivity (Wildman–Crippen MR) is 60.0 cm³/mol. The van der Waals surface area contributed by atoms with Crippen LogP contribution < -0.4 is 14.9 Å². The molecule has 0 bridgehead atoms. The molecule has 1 aromatic heterocycles. The van der Waals surface area contributed by atoms with Gasteiger partial charge in [-0.25, -0.2) is 0 Å². The zero-order valence-corrected chi connectivity index (χ0v) is 9.19. The molecule has 0 saturated heterocycles. The minimum atomic E-state index is -4.18. The molecule has 0 saturated carbocycles. The summed E-state index contributed by atoms with van der Waals surface area (Å²) in [5.74, 6) is -0.406. The number of aromatic nitrogens is 1. The second-order valence-electron chi connectivity index (χ2n) is 3.30. The molecule has 0 aliphatic carbocycles. The van der Waals surface area contributed by atoms with E-state index in [4.69, 9.17) is 0 Å². The molecule has 0 fully saturated rings. The van der Waals surface area contributed by atoms with Crippen LogP contribution in [0.5, 0.6) is 11.5 Å². The molecule has 0 amide bonds. The largest absolute Gasteiger partial charge is 0.507 e. The third-order valence-corrected chi connectivity index (χ3v) is 2.43. The molecule has 1 heterocycles. The molecule has 0 radical (unpaired) electrons. The lowest BCUT2D eigenvalue weighted by Gasteiger charge is -2.05. The van der Waals surface area contributed by atoms with Crippen molar-refractivity contribution in [2.45, 2.75) is 0 Å². The highest BCUT2D eigenvalue weighted by Gasteiger charge is 2.09. The van der Waals surface area contributed by atoms with Crippen molar-refractivity contribution in [3.05, 3.63) is 34.6 Å². The van der Waals surface area contributed by atoms with E-state index in [0.717, 1.165) is 6.07 Å². The first-order valence-electron chi connectivity index (χ1n) is 4.43. The van der Waals surface area contributed by atoms with Gasteiger partial charge in [-0.05, 0) is 6.07 Å². The highest BCUT2D eigenvalue weighted by Crippen LogP contribution is 2.28. The quantitative estimate of drug-likeness (QED) is 0.687. The Hall–Kier alpha value is -2.06. The number of aromatic amines is 1. The van der Waals surface area contributed by atoms with Gasteiger partial charge in [0.2, 0.25) is 5.56 Å². The van der Waals surface area contributed by atoms with Gasteiger partial charge in [0.05, 0.1) is 5.52 Å². The van der Waals surface area contributed by atoms with Gasteiger partial charge in [-0.2, -0.15) is 13.6 Å². The van der Waals surface area contributed by atoms with Crippen molar-refractivity contribution in [1.82, 2.24) is 4.98 Å². The second-order valence-corrected chi connectivity index (χ2v) is 4.45. The van der Waals surface area contributed by atoms with Gasteiger partial charge in [0.15, 0.2) is 0 Å². The van der Waals surface area contributed by atoms with Gasteiger partial charge < -0.3 is 14.3 Å². The van der Waals surface area contributed by atoms with Crippen LogP contribution in [0.25, 0.3) is 10.9 Å². The molecule has 17 heavy (non-hydrogen) atoms. The second kappa shape index (κ2) is 3.75. The Labute approximate surface area is 95.7 Å². The van der Waals surface area contributed by atoms with E-state index in [1.54, 1.807) is 0 Å². The third-order valence-electron chi connectivity index (χ3n) is 2.00. The van der Waals surface area contributed by atoms with Crippen LogP contribution >= 0.6 is 0 Å². The maximum Gasteiger partial charge on any atom is 0.380 e. The van der Waals surface area contributed by atoms with E-state index in [9.17, 15) is 18.3 Å². The summed E-state index contributed by atoms with van der Waals surface area (Å²) in [6.07, 6.45) is 0. The zero-order chi connectivity index (χ0) is 12.6. The van der Waals surface area contributed by atoms with E-state index in [1.807, 2.05) is 0 Å². The molecule has 4 N–H and O–H groups in total. The average molecular weight is 256 g/mol. The highest BCUT2D eigenvalue weighted by atomic mass is 32.2. The Bertz CT molecular complexity index is 735. The van der Waals surface area contributed by atoms with Crippen molar-refractivity contribution in [1.29, 1.82) is 0 Å². The SMILES string of the molecule is NS(=O)(=O)Oc1cc(O)c2ccc(=O)[nH]c2c1. The van der Waals surface area contributed by atoms with E-state index in [2.05, 4.69) is 14.3 Å². The molecule has 0 spiro atoms. The van der Waals surface area contributed by atoms with Crippen molar-refractivity contribution < 1.29 is 17.7 Å². The van der Waals surface area contributed by atoms with Crippen LogP contribution in [0.15, 0.2) is 29.1 Å². The number of aromatic hydroxyl groups is 1. The zero-order valence-electron chi connectivity index (χ0n) is 8.38. The number of rotatable bonds is 2. The van der Waals surface area contributed by atoms with Crippen LogP contribution in [0.2, 0.25) is 0 Å². The molecule has 0 unspecified atom stereocenters. The van der Waals surface area contributed by atoms with E-state index >= 15 is 0 Å². The first-order chi connectivity index (χ1) is 7.85. The van der Waals surface area contributed by atoms with Gasteiger partial charge >= 0.3 is 10.3 Å². The van der Waals surface area contributed by atoms with Gasteiger partial charge in [0.25, 0.3) is 0 Å². The van der Waals surface area contributed by atoms with E-state index in [0.29, 0.717) is 5.39 Å². The van der Waals surface area contributed by atoms with Crippen LogP contribution in [0.3, 0.4) is 0 Å². The molecule has 90 valence electrons. The number of phenols is 1. The van der Waals surface area contributed by atoms with Gasteiger partial charge in [-0.1, -0.05) is 0 Å². The molecular formula is C9H8N2O5S. The molecule has 8 heteroatoms. The van der Waals surface area contributed by atoms with Crippen molar-refractivity contribution in [3.8, 4) is 11.5 Å². The number of fused-ring (bicyclic) bond motifs is 1. The van der Waals surface area contributed by atoms with E-state index in [1.165, 1.54) is 18.2 Å². The number of phenolic OH excluding ortho intramolecular Hbond substituents is 1. The number of hydrogen-bond acceptors (Lipinski definition) is 5. The minimum absolute atomic E-state index is 0.181. The fourth-order valence-electron chi connectivity index (χ4n) is 1.41. The molecule has 0 aliphatic rings. The van der Waals surface area contributed by atoms with Crippen LogP contribution in [-0.4, -0.2) is 18.5 Å². The molecule has 7 nitrogen and oxygen atoms in total. The number of pyridine rings is 1. The summed E-state index contributed by atoms with van der Waals surface area (Å²) in [4.78, 5) is 13.5. The van der Waals surface area contributed by atoms with Gasteiger partial charge in [0, 0.05) is 23.6 Å². The summed E-state index contributed by atoms with van der Waals surface area (Å²) in [6, 6.07) is 4.98. The maximum atomic E-state index is 11.1. The summed E-state index contributed by atoms with van der Waals surface area (Å²) >= 11 is 0. The normalized spacial score (nSPS) is 11.6. The highest BCUT2D eigenvalue weighted by molar-refractivity contribution is 7.84. The maximum absolute atomic E-state index is 11.1. The minimum Gasteiger partial charge on any atom is -0.507 e. The van der Waals surface area contributed by atoms with Gasteiger partial charge in [-0.3, -0.25) is 4.79 Å². The Morgan fingerprint density at radius 2 is 2.00 bits per heavy atom. The summed E-state index contributed by atoms with van der Waals surface area (Å²) in [5, 5.41) is 14.7. The fourth-order valence-corrected chi connectivity index (χ4v) is 1.77. The molecule has 2 aromatic rings. The van der Waals surface area contributed by atoms with Crippen LogP contribution in [0, 0.1) is 0 Å². The van der Waals surface area contributed by atoms with E-state index < -0.39 is 10.3 Å². The summed E-state index contributed by atoms with van der Waals surface area (Å²) < 4.78 is 25.8. The number of nitrogens with two attached hydrogens (primary N) is 1. The van der Waals surface area contributed by atoms with E-state index in [-0.39, 0.29) is 22.6 Å². The lowest BCUT2D eigenvalue weighted by atomic mass is 10.2. The van der Waals surface area contributed by atoms with Crippen molar-refractivity contribution >= 4 is 21.2 Å². The van der Waals surface area contributed by atoms with Crippen molar-refractivity contribution in [2.75, 3.05) is 0 Å². The van der Waals surface area contributed by atoms with Crippen molar-refractivity contribution in [3.63, 3.8) is 0 Å². The van der Waals surface area contributed by atoms with Crippen LogP contribution in [0.4, 0.5) is 0 Å². The Balaban J connectivity index is 2.65. The predicted octanol–water partition coefficient (Wildman–Crippen LogP) is -0.184. The summed E-state index contributed by atoms with van der Waals surface area (Å²) in [6.45, 7) is 0.